The molecule has 0 aliphatic carbocycles. The number of benzene rings is 2. The first-order valence-electron chi connectivity index (χ1n) is 10.0. The highest BCUT2D eigenvalue weighted by atomic mass is 35.5. The second-order valence-electron chi connectivity index (χ2n) is 7.39. The van der Waals surface area contributed by atoms with Gasteiger partial charge in [0.25, 0.3) is 5.91 Å². The molecule has 1 fully saturated rings. The summed E-state index contributed by atoms with van der Waals surface area (Å²) < 4.78 is 0. The summed E-state index contributed by atoms with van der Waals surface area (Å²) in [4.78, 5) is 32.5. The van der Waals surface area contributed by atoms with Gasteiger partial charge in [-0.15, -0.1) is 0 Å². The van der Waals surface area contributed by atoms with Crippen molar-refractivity contribution in [1.82, 2.24) is 20.5 Å². The minimum Gasteiger partial charge on any atom is -0.326 e. The van der Waals surface area contributed by atoms with Gasteiger partial charge in [0, 0.05) is 24.2 Å². The molecule has 0 saturated carbocycles. The Kier molecular flexibility index (Phi) is 6.18. The minimum absolute atomic E-state index is 0.358. The number of aryl methyl sites for hydroxylation is 1. The van der Waals surface area contributed by atoms with Gasteiger partial charge < -0.3 is 9.80 Å². The van der Waals surface area contributed by atoms with E-state index in [1.807, 2.05) is 41.3 Å². The van der Waals surface area contributed by atoms with Crippen molar-refractivity contribution >= 4 is 35.7 Å². The summed E-state index contributed by atoms with van der Waals surface area (Å²) in [7, 11) is 1.63. The molecule has 160 valence electrons. The van der Waals surface area contributed by atoms with Crippen molar-refractivity contribution in [3.63, 3.8) is 0 Å². The summed E-state index contributed by atoms with van der Waals surface area (Å²) in [5.74, 6) is 0.0894. The molecule has 0 aromatic heterocycles. The summed E-state index contributed by atoms with van der Waals surface area (Å²) in [6.07, 6.45) is 2.68. The number of urea groups is 1. The van der Waals surface area contributed by atoms with E-state index < -0.39 is 18.2 Å². The topological polar surface area (TPSA) is 89.4 Å². The molecule has 0 radical (unpaired) electrons. The van der Waals surface area contributed by atoms with Crippen molar-refractivity contribution in [1.29, 1.82) is 0 Å². The molecule has 2 N–H and O–H groups in total. The second kappa shape index (κ2) is 9.18. The van der Waals surface area contributed by atoms with Crippen LogP contribution in [0.25, 0.3) is 0 Å². The fourth-order valence-corrected chi connectivity index (χ4v) is 3.89. The molecule has 3 amide bonds. The number of carbonyl (C=O) groups excluding carboxylic acids is 2. The van der Waals surface area contributed by atoms with Gasteiger partial charge in [-0.3, -0.25) is 10.1 Å². The van der Waals surface area contributed by atoms with Crippen LogP contribution in [0.4, 0.5) is 4.79 Å². The number of fused-ring (bicyclic) bond motifs is 1. The van der Waals surface area contributed by atoms with E-state index in [2.05, 4.69) is 33.0 Å². The number of aliphatic imine (C=N–C) groups is 1. The maximum Gasteiger partial charge on any atom is 0.325 e. The van der Waals surface area contributed by atoms with Crippen LogP contribution in [0.15, 0.2) is 64.7 Å². The van der Waals surface area contributed by atoms with Crippen molar-refractivity contribution in [2.24, 2.45) is 10.1 Å². The minimum atomic E-state index is -0.601. The molecule has 9 heteroatoms. The number of hydrogen-bond donors (Lipinski definition) is 2. The monoisotopic (exact) mass is 438 g/mol. The van der Waals surface area contributed by atoms with Crippen LogP contribution in [0.2, 0.25) is 5.02 Å². The Hall–Kier alpha value is -3.39. The molecule has 2 heterocycles. The maximum atomic E-state index is 12.6. The molecule has 4 rings (SSSR count). The van der Waals surface area contributed by atoms with Gasteiger partial charge >= 0.3 is 6.03 Å². The third kappa shape index (κ3) is 4.54. The van der Waals surface area contributed by atoms with Crippen LogP contribution < -0.4 is 10.7 Å². The first-order chi connectivity index (χ1) is 15.0. The van der Waals surface area contributed by atoms with Crippen LogP contribution in [-0.2, 0) is 11.2 Å². The molecule has 2 aliphatic heterocycles. The zero-order chi connectivity index (χ0) is 21.8. The molecule has 0 bridgehead atoms. The Morgan fingerprint density at radius 1 is 1.16 bits per heavy atom. The second-order valence-corrected chi connectivity index (χ2v) is 7.80. The van der Waals surface area contributed by atoms with E-state index in [-0.39, 0.29) is 5.91 Å². The molecule has 1 saturated heterocycles. The van der Waals surface area contributed by atoms with Gasteiger partial charge in [-0.1, -0.05) is 60.1 Å². The average Bonchev–Trinajstić information content (AvgIpc) is 3.13. The Morgan fingerprint density at radius 2 is 1.90 bits per heavy atom. The number of carbonyl (C=O) groups is 2. The van der Waals surface area contributed by atoms with E-state index in [9.17, 15) is 9.59 Å². The highest BCUT2D eigenvalue weighted by molar-refractivity contribution is 6.33. The fraction of sp³-hybridized carbons (Fsp3) is 0.273. The molecule has 2 atom stereocenters. The molecular formula is C22H23ClN6O2. The number of imide groups is 1. The van der Waals surface area contributed by atoms with Crippen molar-refractivity contribution in [3.8, 4) is 0 Å². The summed E-state index contributed by atoms with van der Waals surface area (Å²) in [5.41, 5.74) is 4.92. The Labute approximate surface area is 185 Å². The number of nitrogens with zero attached hydrogens (tertiary/aromatic N) is 4. The Bertz CT molecular complexity index is 1030. The number of hydrazone groups is 1. The van der Waals surface area contributed by atoms with E-state index in [0.29, 0.717) is 17.5 Å². The summed E-state index contributed by atoms with van der Waals surface area (Å²) in [5, 5.41) is 7.24. The average molecular weight is 439 g/mol. The van der Waals surface area contributed by atoms with Gasteiger partial charge in [0.15, 0.2) is 12.2 Å². The number of halogens is 1. The van der Waals surface area contributed by atoms with Gasteiger partial charge in [0.2, 0.25) is 5.96 Å². The van der Waals surface area contributed by atoms with E-state index in [0.717, 1.165) is 18.4 Å². The third-order valence-corrected chi connectivity index (χ3v) is 5.69. The number of rotatable bonds is 6. The fourth-order valence-electron chi connectivity index (χ4n) is 3.70. The first-order valence-corrected chi connectivity index (χ1v) is 10.4. The number of guanidine groups is 1. The number of hydrogen-bond acceptors (Lipinski definition) is 6. The Morgan fingerprint density at radius 3 is 2.68 bits per heavy atom. The van der Waals surface area contributed by atoms with E-state index in [1.54, 1.807) is 19.3 Å². The summed E-state index contributed by atoms with van der Waals surface area (Å²) >= 11 is 6.17. The molecule has 2 aromatic rings. The van der Waals surface area contributed by atoms with E-state index in [4.69, 9.17) is 11.6 Å². The van der Waals surface area contributed by atoms with Crippen LogP contribution in [-0.4, -0.2) is 59.7 Å². The lowest BCUT2D eigenvalue weighted by molar-refractivity contribution is -0.127. The molecule has 8 nitrogen and oxygen atoms in total. The molecule has 2 aliphatic rings. The predicted molar refractivity (Wildman–Crippen MR) is 120 cm³/mol. The van der Waals surface area contributed by atoms with Gasteiger partial charge in [0.05, 0.1) is 6.21 Å². The smallest absolute Gasteiger partial charge is 0.325 e. The van der Waals surface area contributed by atoms with Crippen molar-refractivity contribution in [3.05, 3.63) is 70.7 Å². The van der Waals surface area contributed by atoms with E-state index in [1.165, 1.54) is 10.5 Å². The normalized spacial score (nSPS) is 20.6. The molecular weight excluding hydrogens is 416 g/mol. The number of nitrogens with one attached hydrogen (secondary N) is 2. The van der Waals surface area contributed by atoms with Crippen LogP contribution in [0, 0.1) is 0 Å². The zero-order valence-corrected chi connectivity index (χ0v) is 17.8. The summed E-state index contributed by atoms with van der Waals surface area (Å²) in [6, 6.07) is 16.4. The lowest BCUT2D eigenvalue weighted by atomic mass is 10.1. The number of likely N-dealkylation sites (N-methyl/N-ethyl adjacent to an activating group) is 1. The lowest BCUT2D eigenvalue weighted by Gasteiger charge is -2.36. The Balaban J connectivity index is 1.50. The lowest BCUT2D eigenvalue weighted by Crippen LogP contribution is -2.64. The van der Waals surface area contributed by atoms with Crippen molar-refractivity contribution < 1.29 is 9.59 Å². The maximum absolute atomic E-state index is 12.6. The quantitative estimate of drug-likeness (QED) is 0.535. The van der Waals surface area contributed by atoms with Crippen molar-refractivity contribution in [2.75, 3.05) is 13.6 Å². The molecule has 2 aromatic carbocycles. The number of amides is 3. The van der Waals surface area contributed by atoms with Gasteiger partial charge in [-0.2, -0.15) is 5.10 Å². The zero-order valence-electron chi connectivity index (χ0n) is 17.0. The molecule has 0 spiro atoms. The van der Waals surface area contributed by atoms with E-state index >= 15 is 0 Å². The first kappa shape index (κ1) is 20.9. The van der Waals surface area contributed by atoms with Crippen LogP contribution >= 0.6 is 11.6 Å². The van der Waals surface area contributed by atoms with Gasteiger partial charge in [0.1, 0.15) is 0 Å². The van der Waals surface area contributed by atoms with Gasteiger partial charge in [-0.25, -0.2) is 15.2 Å². The van der Waals surface area contributed by atoms with Gasteiger partial charge in [-0.05, 0) is 24.5 Å². The largest absolute Gasteiger partial charge is 0.326 e. The van der Waals surface area contributed by atoms with Crippen LogP contribution in [0.1, 0.15) is 17.5 Å². The SMILES string of the molecule is CN1C(=O)NC(=O)C2C1N=C(N/N=C/c1ccccc1Cl)N2CCCc1ccccc1. The summed E-state index contributed by atoms with van der Waals surface area (Å²) in [6.45, 7) is 0.582. The molecule has 2 unspecified atom stereocenters. The van der Waals surface area contributed by atoms with Crippen LogP contribution in [0.3, 0.4) is 0 Å². The molecule has 31 heavy (non-hydrogen) atoms. The standard InChI is InChI=1S/C22H23ClN6O2/c1-28-19-18(20(30)26-22(28)31)29(13-7-10-15-8-3-2-4-9-15)21(25-19)27-24-14-16-11-5-6-12-17(16)23/h2-6,8-9,11-12,14,18-19H,7,10,13H2,1H3,(H,25,27)(H,26,30,31)/b24-14+. The highest BCUT2D eigenvalue weighted by Crippen LogP contribution is 2.24. The third-order valence-electron chi connectivity index (χ3n) is 5.34. The highest BCUT2D eigenvalue weighted by Gasteiger charge is 2.48. The van der Waals surface area contributed by atoms with Crippen LogP contribution in [0.5, 0.6) is 0 Å². The van der Waals surface area contributed by atoms with Crippen molar-refractivity contribution in [2.45, 2.75) is 25.0 Å². The predicted octanol–water partition coefficient (Wildman–Crippen LogP) is 2.44.